The third-order valence-corrected chi connectivity index (χ3v) is 9.61. The average Bonchev–Trinajstić information content (AvgIpc) is 3.15. The van der Waals surface area contributed by atoms with E-state index >= 15 is 0 Å². The maximum Gasteiger partial charge on any atom is 0.113 e. The summed E-state index contributed by atoms with van der Waals surface area (Å²) >= 11 is 1.71. The molecular weight excluding hydrogens is 353 g/mol. The van der Waals surface area contributed by atoms with Gasteiger partial charge in [-0.15, -0.1) is 11.3 Å². The predicted octanol–water partition coefficient (Wildman–Crippen LogP) is 5.04. The lowest BCUT2D eigenvalue weighted by atomic mass is 10.2. The van der Waals surface area contributed by atoms with E-state index in [0.717, 1.165) is 10.7 Å². The van der Waals surface area contributed by atoms with Crippen LogP contribution in [0, 0.1) is 6.92 Å². The molecule has 3 heteroatoms. The molecule has 0 N–H and O–H groups in total. The summed E-state index contributed by atoms with van der Waals surface area (Å²) in [5.74, 6) is 0. The fourth-order valence-corrected chi connectivity index (χ4v) is 7.51. The van der Waals surface area contributed by atoms with Gasteiger partial charge in [-0.05, 0) is 43.3 Å². The van der Waals surface area contributed by atoms with Crippen molar-refractivity contribution in [2.24, 2.45) is 0 Å². The van der Waals surface area contributed by atoms with Crippen molar-refractivity contribution >= 4 is 34.5 Å². The fraction of sp³-hybridized carbons (Fsp3) is 0.0870. The second kappa shape index (κ2) is 7.15. The minimum atomic E-state index is -1.76. The molecule has 0 saturated carbocycles. The van der Waals surface area contributed by atoms with Crippen LogP contribution in [0.4, 0.5) is 0 Å². The van der Waals surface area contributed by atoms with Gasteiger partial charge < -0.3 is 0 Å². The number of hydrogen-bond donors (Lipinski definition) is 0. The molecule has 0 spiro atoms. The van der Waals surface area contributed by atoms with E-state index in [4.69, 9.17) is 4.98 Å². The van der Waals surface area contributed by atoms with Crippen molar-refractivity contribution in [3.63, 3.8) is 0 Å². The number of rotatable bonds is 4. The highest BCUT2D eigenvalue weighted by Crippen LogP contribution is 2.53. The molecule has 1 heterocycles. The molecule has 0 saturated heterocycles. The Bertz CT molecular complexity index is 969. The topological polar surface area (TPSA) is 12.9 Å². The second-order valence-corrected chi connectivity index (χ2v) is 11.0. The molecule has 0 bridgehead atoms. The monoisotopic (exact) mass is 374 g/mol. The van der Waals surface area contributed by atoms with E-state index in [-0.39, 0.29) is 0 Å². The van der Waals surface area contributed by atoms with Crippen LogP contribution in [0.25, 0.3) is 11.3 Å². The largest absolute Gasteiger partial charge is 0.241 e. The standard InChI is InChI=1S/C23H21NPS/c1-18-24-22(17-26-18)21-15-9-10-16-23(21)25(2,19-11-5-3-6-12-19)20-13-7-4-8-14-20/h3-17H,1-2H3/q+1. The minimum absolute atomic E-state index is 1.08. The van der Waals surface area contributed by atoms with Gasteiger partial charge in [-0.1, -0.05) is 48.5 Å². The van der Waals surface area contributed by atoms with Crippen molar-refractivity contribution in [1.29, 1.82) is 0 Å². The van der Waals surface area contributed by atoms with Crippen LogP contribution in [-0.4, -0.2) is 11.6 Å². The van der Waals surface area contributed by atoms with Gasteiger partial charge in [0.25, 0.3) is 0 Å². The van der Waals surface area contributed by atoms with E-state index in [9.17, 15) is 0 Å². The zero-order chi connectivity index (χ0) is 18.0. The zero-order valence-corrected chi connectivity index (χ0v) is 16.7. The lowest BCUT2D eigenvalue weighted by Crippen LogP contribution is -2.31. The van der Waals surface area contributed by atoms with E-state index < -0.39 is 7.26 Å². The maximum absolute atomic E-state index is 4.78. The van der Waals surface area contributed by atoms with Gasteiger partial charge >= 0.3 is 0 Å². The van der Waals surface area contributed by atoms with Crippen LogP contribution in [0.15, 0.2) is 90.3 Å². The van der Waals surface area contributed by atoms with E-state index in [1.54, 1.807) is 11.3 Å². The first-order valence-corrected chi connectivity index (χ1v) is 11.8. The Labute approximate surface area is 159 Å². The van der Waals surface area contributed by atoms with Gasteiger partial charge in [0.2, 0.25) is 0 Å². The Morgan fingerprint density at radius 1 is 0.731 bits per heavy atom. The van der Waals surface area contributed by atoms with Gasteiger partial charge in [-0.2, -0.15) is 0 Å². The SMILES string of the molecule is Cc1nc(-c2ccccc2[P+](C)(c2ccccc2)c2ccccc2)cs1. The number of hydrogen-bond acceptors (Lipinski definition) is 2. The fourth-order valence-electron chi connectivity index (χ4n) is 3.45. The van der Waals surface area contributed by atoms with Crippen molar-refractivity contribution in [3.8, 4) is 11.3 Å². The molecule has 0 aliphatic rings. The molecule has 1 nitrogen and oxygen atoms in total. The number of nitrogens with zero attached hydrogens (tertiary/aromatic N) is 1. The van der Waals surface area contributed by atoms with Crippen molar-refractivity contribution in [3.05, 3.63) is 95.3 Å². The molecule has 4 aromatic rings. The van der Waals surface area contributed by atoms with Crippen molar-refractivity contribution in [2.75, 3.05) is 6.66 Å². The normalized spacial score (nSPS) is 11.5. The Morgan fingerprint density at radius 3 is 1.81 bits per heavy atom. The molecule has 1 aromatic heterocycles. The van der Waals surface area contributed by atoms with E-state index in [2.05, 4.69) is 104 Å². The van der Waals surface area contributed by atoms with Gasteiger partial charge in [0.05, 0.1) is 17.4 Å². The first-order chi connectivity index (χ1) is 12.7. The van der Waals surface area contributed by atoms with Gasteiger partial charge in [-0.25, -0.2) is 4.98 Å². The van der Waals surface area contributed by atoms with Crippen LogP contribution in [0.3, 0.4) is 0 Å². The van der Waals surface area contributed by atoms with Crippen molar-refractivity contribution < 1.29 is 0 Å². The Morgan fingerprint density at radius 2 is 1.27 bits per heavy atom. The molecule has 0 aliphatic carbocycles. The molecular formula is C23H21NPS+. The molecule has 0 fully saturated rings. The van der Waals surface area contributed by atoms with Crippen LogP contribution in [0.2, 0.25) is 0 Å². The molecule has 26 heavy (non-hydrogen) atoms. The minimum Gasteiger partial charge on any atom is -0.241 e. The highest BCUT2D eigenvalue weighted by molar-refractivity contribution is 7.95. The number of thiazole rings is 1. The summed E-state index contributed by atoms with van der Waals surface area (Å²) < 4.78 is 0. The Kier molecular flexibility index (Phi) is 4.72. The van der Waals surface area contributed by atoms with Crippen LogP contribution in [0.5, 0.6) is 0 Å². The van der Waals surface area contributed by atoms with Crippen LogP contribution in [0.1, 0.15) is 5.01 Å². The molecule has 4 rings (SSSR count). The first kappa shape index (κ1) is 17.1. The lowest BCUT2D eigenvalue weighted by molar-refractivity contribution is 1.30. The van der Waals surface area contributed by atoms with E-state index in [1.807, 2.05) is 0 Å². The third-order valence-electron chi connectivity index (χ3n) is 4.83. The smallest absolute Gasteiger partial charge is 0.113 e. The molecule has 0 unspecified atom stereocenters. The first-order valence-electron chi connectivity index (χ1n) is 8.69. The van der Waals surface area contributed by atoms with E-state index in [1.165, 1.54) is 21.5 Å². The summed E-state index contributed by atoms with van der Waals surface area (Å²) in [6, 6.07) is 30.6. The summed E-state index contributed by atoms with van der Waals surface area (Å²) in [5, 5.41) is 7.46. The summed E-state index contributed by atoms with van der Waals surface area (Å²) in [6.07, 6.45) is 0. The van der Waals surface area contributed by atoms with Gasteiger partial charge in [0.15, 0.2) is 0 Å². The Hall–Kier alpha value is -2.28. The van der Waals surface area contributed by atoms with E-state index in [0.29, 0.717) is 0 Å². The van der Waals surface area contributed by atoms with Crippen LogP contribution in [-0.2, 0) is 0 Å². The Balaban J connectivity index is 2.00. The summed E-state index contributed by atoms with van der Waals surface area (Å²) in [5.41, 5.74) is 2.33. The quantitative estimate of drug-likeness (QED) is 0.456. The zero-order valence-electron chi connectivity index (χ0n) is 15.0. The van der Waals surface area contributed by atoms with Crippen LogP contribution < -0.4 is 15.9 Å². The molecule has 0 atom stereocenters. The highest BCUT2D eigenvalue weighted by atomic mass is 32.1. The van der Waals surface area contributed by atoms with Gasteiger partial charge in [-0.3, -0.25) is 0 Å². The average molecular weight is 374 g/mol. The molecule has 128 valence electrons. The summed E-state index contributed by atoms with van der Waals surface area (Å²) in [4.78, 5) is 4.78. The molecule has 0 radical (unpaired) electrons. The number of benzene rings is 3. The van der Waals surface area contributed by atoms with Crippen LogP contribution >= 0.6 is 18.6 Å². The lowest BCUT2D eigenvalue weighted by Gasteiger charge is -2.25. The predicted molar refractivity (Wildman–Crippen MR) is 117 cm³/mol. The highest BCUT2D eigenvalue weighted by Gasteiger charge is 2.42. The maximum atomic E-state index is 4.78. The molecule has 0 amide bonds. The van der Waals surface area contributed by atoms with Crippen molar-refractivity contribution in [1.82, 2.24) is 4.98 Å². The van der Waals surface area contributed by atoms with Gasteiger partial charge in [0, 0.05) is 10.9 Å². The number of aryl methyl sites for hydroxylation is 1. The summed E-state index contributed by atoms with van der Waals surface area (Å²) in [7, 11) is -1.76. The van der Waals surface area contributed by atoms with Crippen molar-refractivity contribution in [2.45, 2.75) is 6.92 Å². The number of aromatic nitrogens is 1. The third kappa shape index (κ3) is 3.00. The summed E-state index contributed by atoms with van der Waals surface area (Å²) in [6.45, 7) is 4.50. The molecule has 3 aromatic carbocycles. The second-order valence-electron chi connectivity index (χ2n) is 6.45. The van der Waals surface area contributed by atoms with Gasteiger partial charge in [0.1, 0.15) is 23.2 Å². The molecule has 0 aliphatic heterocycles.